The average molecular weight is 304 g/mol. The quantitative estimate of drug-likeness (QED) is 0.613. The van der Waals surface area contributed by atoms with Crippen molar-refractivity contribution >= 4 is 5.96 Å². The molecule has 0 saturated carbocycles. The number of benzene rings is 1. The molecular formula is C15H24N6O. The standard InChI is InChI=1S/C15H24N6O/c16-14-18-15(17,20-19-14)12-4-6-13(7-5-12)22-11-10-21-8-2-1-3-9-21/h4-7,20H,1-3,8-11,17H2,(H3,16,18,19). The lowest BCUT2D eigenvalue weighted by atomic mass is 10.1. The summed E-state index contributed by atoms with van der Waals surface area (Å²) < 4.78 is 5.80. The maximum Gasteiger partial charge on any atom is 0.209 e. The third-order valence-corrected chi connectivity index (χ3v) is 4.10. The minimum atomic E-state index is -1.02. The van der Waals surface area contributed by atoms with Gasteiger partial charge in [-0.1, -0.05) is 18.6 Å². The molecule has 6 N–H and O–H groups in total. The SMILES string of the molecule is NC1=NC(N)(c2ccc(OCCN3CCCCC3)cc2)NN1. The molecule has 7 heteroatoms. The van der Waals surface area contributed by atoms with E-state index in [1.807, 2.05) is 24.3 Å². The Kier molecular flexibility index (Phi) is 4.47. The molecule has 2 aliphatic rings. The summed E-state index contributed by atoms with van der Waals surface area (Å²) >= 11 is 0. The number of ether oxygens (including phenoxy) is 1. The third kappa shape index (κ3) is 3.49. The number of nitrogens with zero attached hydrogens (tertiary/aromatic N) is 2. The fraction of sp³-hybridized carbons (Fsp3) is 0.533. The Bertz CT molecular complexity index is 525. The first-order valence-corrected chi connectivity index (χ1v) is 7.79. The molecule has 0 amide bonds. The summed E-state index contributed by atoms with van der Waals surface area (Å²) in [5.74, 6) is 0.104. The molecular weight excluding hydrogens is 280 g/mol. The van der Waals surface area contributed by atoms with Gasteiger partial charge in [0.1, 0.15) is 12.4 Å². The Morgan fingerprint density at radius 1 is 1.18 bits per heavy atom. The van der Waals surface area contributed by atoms with Crippen LogP contribution < -0.4 is 27.1 Å². The highest BCUT2D eigenvalue weighted by Gasteiger charge is 2.31. The molecule has 1 fully saturated rings. The van der Waals surface area contributed by atoms with Crippen LogP contribution in [0.4, 0.5) is 0 Å². The van der Waals surface area contributed by atoms with Gasteiger partial charge in [-0.05, 0) is 38.1 Å². The number of aliphatic imine (C=N–C) groups is 1. The molecule has 3 rings (SSSR count). The van der Waals surface area contributed by atoms with Gasteiger partial charge in [-0.3, -0.25) is 16.1 Å². The molecule has 1 unspecified atom stereocenters. The van der Waals surface area contributed by atoms with Gasteiger partial charge < -0.3 is 10.5 Å². The van der Waals surface area contributed by atoms with Crippen molar-refractivity contribution in [1.82, 2.24) is 15.8 Å². The van der Waals surface area contributed by atoms with E-state index in [0.717, 1.165) is 17.9 Å². The van der Waals surface area contributed by atoms with E-state index in [0.29, 0.717) is 6.61 Å². The van der Waals surface area contributed by atoms with Crippen LogP contribution in [0.5, 0.6) is 5.75 Å². The molecule has 1 atom stereocenters. The number of hydrazine groups is 1. The first kappa shape index (κ1) is 15.1. The van der Waals surface area contributed by atoms with Gasteiger partial charge in [0.05, 0.1) is 0 Å². The molecule has 0 aliphatic carbocycles. The Labute approximate surface area is 130 Å². The van der Waals surface area contributed by atoms with Crippen LogP contribution in [-0.4, -0.2) is 37.1 Å². The van der Waals surface area contributed by atoms with E-state index in [-0.39, 0.29) is 5.96 Å². The average Bonchev–Trinajstić information content (AvgIpc) is 2.89. The molecule has 120 valence electrons. The van der Waals surface area contributed by atoms with Crippen molar-refractivity contribution in [2.24, 2.45) is 16.5 Å². The van der Waals surface area contributed by atoms with Crippen LogP contribution in [-0.2, 0) is 5.79 Å². The van der Waals surface area contributed by atoms with E-state index in [4.69, 9.17) is 16.2 Å². The summed E-state index contributed by atoms with van der Waals surface area (Å²) in [6.45, 7) is 4.07. The van der Waals surface area contributed by atoms with Crippen LogP contribution in [0.15, 0.2) is 29.3 Å². The van der Waals surface area contributed by atoms with Gasteiger partial charge in [0.25, 0.3) is 0 Å². The first-order chi connectivity index (χ1) is 10.7. The van der Waals surface area contributed by atoms with Gasteiger partial charge in [0.15, 0.2) is 0 Å². The number of piperidine rings is 1. The van der Waals surface area contributed by atoms with Crippen molar-refractivity contribution in [3.8, 4) is 5.75 Å². The lowest BCUT2D eigenvalue weighted by molar-refractivity contribution is 0.183. The summed E-state index contributed by atoms with van der Waals surface area (Å²) in [6, 6.07) is 7.61. The number of likely N-dealkylation sites (tertiary alicyclic amines) is 1. The van der Waals surface area contributed by atoms with Crippen molar-refractivity contribution in [3.05, 3.63) is 29.8 Å². The van der Waals surface area contributed by atoms with Gasteiger partial charge in [0, 0.05) is 12.1 Å². The second kappa shape index (κ2) is 6.51. The Balaban J connectivity index is 1.51. The molecule has 2 heterocycles. The number of hydrogen-bond donors (Lipinski definition) is 4. The third-order valence-electron chi connectivity index (χ3n) is 4.10. The highest BCUT2D eigenvalue weighted by atomic mass is 16.5. The van der Waals surface area contributed by atoms with Crippen molar-refractivity contribution in [3.63, 3.8) is 0 Å². The zero-order valence-corrected chi connectivity index (χ0v) is 12.7. The van der Waals surface area contributed by atoms with E-state index in [1.165, 1.54) is 32.4 Å². The maximum absolute atomic E-state index is 6.13. The van der Waals surface area contributed by atoms with E-state index in [9.17, 15) is 0 Å². The van der Waals surface area contributed by atoms with E-state index >= 15 is 0 Å². The molecule has 0 spiro atoms. The van der Waals surface area contributed by atoms with Crippen LogP contribution in [0.1, 0.15) is 24.8 Å². The number of guanidine groups is 1. The minimum absolute atomic E-state index is 0.282. The summed E-state index contributed by atoms with van der Waals surface area (Å²) in [7, 11) is 0. The topological polar surface area (TPSA) is 101 Å². The normalized spacial score (nSPS) is 25.6. The Morgan fingerprint density at radius 2 is 1.91 bits per heavy atom. The summed E-state index contributed by atoms with van der Waals surface area (Å²) in [6.07, 6.45) is 3.96. The fourth-order valence-corrected chi connectivity index (χ4v) is 2.82. The smallest absolute Gasteiger partial charge is 0.209 e. The van der Waals surface area contributed by atoms with Crippen LogP contribution in [0.3, 0.4) is 0 Å². The minimum Gasteiger partial charge on any atom is -0.492 e. The zero-order chi connectivity index (χ0) is 15.4. The van der Waals surface area contributed by atoms with Crippen LogP contribution >= 0.6 is 0 Å². The van der Waals surface area contributed by atoms with Gasteiger partial charge in [-0.2, -0.15) is 5.43 Å². The summed E-state index contributed by atoms with van der Waals surface area (Å²) in [5, 5.41) is 0. The second-order valence-electron chi connectivity index (χ2n) is 5.79. The maximum atomic E-state index is 6.13. The predicted octanol–water partition coefficient (Wildman–Crippen LogP) is 0.0428. The Morgan fingerprint density at radius 3 is 2.55 bits per heavy atom. The molecule has 7 nitrogen and oxygen atoms in total. The summed E-state index contributed by atoms with van der Waals surface area (Å²) in [4.78, 5) is 6.60. The summed E-state index contributed by atoms with van der Waals surface area (Å²) in [5.41, 5.74) is 18.1. The van der Waals surface area contributed by atoms with Crippen LogP contribution in [0.25, 0.3) is 0 Å². The first-order valence-electron chi connectivity index (χ1n) is 7.79. The number of hydrogen-bond acceptors (Lipinski definition) is 7. The van der Waals surface area contributed by atoms with Crippen LogP contribution in [0, 0.1) is 0 Å². The fourth-order valence-electron chi connectivity index (χ4n) is 2.82. The highest BCUT2D eigenvalue weighted by molar-refractivity contribution is 5.79. The largest absolute Gasteiger partial charge is 0.492 e. The lowest BCUT2D eigenvalue weighted by Gasteiger charge is -2.26. The number of nitrogens with two attached hydrogens (primary N) is 2. The van der Waals surface area contributed by atoms with Gasteiger partial charge in [-0.15, -0.1) is 0 Å². The monoisotopic (exact) mass is 304 g/mol. The second-order valence-corrected chi connectivity index (χ2v) is 5.79. The highest BCUT2D eigenvalue weighted by Crippen LogP contribution is 2.21. The molecule has 1 aromatic rings. The molecule has 0 aromatic heterocycles. The predicted molar refractivity (Wildman–Crippen MR) is 86.0 cm³/mol. The molecule has 2 aliphatic heterocycles. The molecule has 0 bridgehead atoms. The van der Waals surface area contributed by atoms with Gasteiger partial charge in [0.2, 0.25) is 11.7 Å². The van der Waals surface area contributed by atoms with Crippen molar-refractivity contribution in [1.29, 1.82) is 0 Å². The molecule has 1 aromatic carbocycles. The van der Waals surface area contributed by atoms with E-state index in [2.05, 4.69) is 20.7 Å². The lowest BCUT2D eigenvalue weighted by Crippen LogP contribution is -2.50. The van der Waals surface area contributed by atoms with Crippen molar-refractivity contribution in [2.45, 2.75) is 25.0 Å². The zero-order valence-electron chi connectivity index (χ0n) is 12.7. The molecule has 0 radical (unpaired) electrons. The van der Waals surface area contributed by atoms with Gasteiger partial charge in [-0.25, -0.2) is 4.99 Å². The van der Waals surface area contributed by atoms with Crippen LogP contribution in [0.2, 0.25) is 0 Å². The van der Waals surface area contributed by atoms with Crippen molar-refractivity contribution in [2.75, 3.05) is 26.2 Å². The molecule has 22 heavy (non-hydrogen) atoms. The number of nitrogens with one attached hydrogen (secondary N) is 2. The van der Waals surface area contributed by atoms with Crippen molar-refractivity contribution < 1.29 is 4.74 Å². The molecule has 1 saturated heterocycles. The van der Waals surface area contributed by atoms with E-state index in [1.54, 1.807) is 0 Å². The van der Waals surface area contributed by atoms with E-state index < -0.39 is 5.79 Å². The van der Waals surface area contributed by atoms with Gasteiger partial charge >= 0.3 is 0 Å². The Hall–Kier alpha value is -1.83. The number of rotatable bonds is 5.